The second kappa shape index (κ2) is 7.09. The summed E-state index contributed by atoms with van der Waals surface area (Å²) in [6, 6.07) is 19.1. The first-order chi connectivity index (χ1) is 15.2. The lowest BCUT2D eigenvalue weighted by atomic mass is 9.89. The first-order valence-electron chi connectivity index (χ1n) is 11.0. The molecule has 1 fully saturated rings. The predicted molar refractivity (Wildman–Crippen MR) is 123 cm³/mol. The van der Waals surface area contributed by atoms with Crippen molar-refractivity contribution in [1.29, 1.82) is 0 Å². The summed E-state index contributed by atoms with van der Waals surface area (Å²) < 4.78 is 0. The highest BCUT2D eigenvalue weighted by Crippen LogP contribution is 2.53. The Morgan fingerprint density at radius 3 is 2.32 bits per heavy atom. The second-order valence-corrected chi connectivity index (χ2v) is 8.83. The van der Waals surface area contributed by atoms with E-state index >= 15 is 0 Å². The molecule has 152 valence electrons. The van der Waals surface area contributed by atoms with E-state index in [-0.39, 0.29) is 0 Å². The molecule has 2 bridgehead atoms. The van der Waals surface area contributed by atoms with Crippen LogP contribution < -0.4 is 0 Å². The molecule has 31 heavy (non-hydrogen) atoms. The van der Waals surface area contributed by atoms with Crippen LogP contribution in [0.4, 0.5) is 0 Å². The Labute approximate surface area is 182 Å². The Kier molecular flexibility index (Phi) is 4.20. The summed E-state index contributed by atoms with van der Waals surface area (Å²) in [7, 11) is 0. The predicted octanol–water partition coefficient (Wildman–Crippen LogP) is 6.25. The molecule has 0 aliphatic heterocycles. The van der Waals surface area contributed by atoms with E-state index in [0.29, 0.717) is 17.5 Å². The third-order valence-electron chi connectivity index (χ3n) is 6.83. The lowest BCUT2D eigenvalue weighted by molar-refractivity contribution is 0.717. The van der Waals surface area contributed by atoms with Gasteiger partial charge < -0.3 is 0 Å². The third kappa shape index (κ3) is 3.14. The standard InChI is InChI=1S/C27H24N4/c1-16-12-25(21-10-11-22-19-8-9-20(13-19)23(22)14-21)28-15-24(16)27-30-17(2)29-26(31-27)18-6-4-3-5-7-18/h3-7,10-12,14-15,19-20H,8-9,13H2,1-2H3. The largest absolute Gasteiger partial charge is 0.255 e. The molecule has 2 atom stereocenters. The molecular weight excluding hydrogens is 380 g/mol. The average molecular weight is 405 g/mol. The van der Waals surface area contributed by atoms with E-state index in [1.54, 1.807) is 11.1 Å². The Hall–Kier alpha value is -3.40. The zero-order chi connectivity index (χ0) is 20.9. The molecule has 2 aliphatic carbocycles. The van der Waals surface area contributed by atoms with Crippen LogP contribution in [0.2, 0.25) is 0 Å². The van der Waals surface area contributed by atoms with Crippen LogP contribution in [0.15, 0.2) is 60.8 Å². The van der Waals surface area contributed by atoms with Gasteiger partial charge in [0.2, 0.25) is 0 Å². The van der Waals surface area contributed by atoms with Gasteiger partial charge in [0.05, 0.1) is 5.69 Å². The van der Waals surface area contributed by atoms with Gasteiger partial charge in [0.25, 0.3) is 0 Å². The highest BCUT2D eigenvalue weighted by atomic mass is 15.0. The molecule has 1 saturated carbocycles. The number of fused-ring (bicyclic) bond motifs is 5. The van der Waals surface area contributed by atoms with Crippen molar-refractivity contribution in [3.8, 4) is 34.0 Å². The van der Waals surface area contributed by atoms with Gasteiger partial charge in [-0.2, -0.15) is 0 Å². The molecule has 4 heteroatoms. The number of aryl methyl sites for hydroxylation is 2. The topological polar surface area (TPSA) is 51.6 Å². The van der Waals surface area contributed by atoms with E-state index in [9.17, 15) is 0 Å². The van der Waals surface area contributed by atoms with Gasteiger partial charge in [-0.25, -0.2) is 15.0 Å². The Bertz CT molecular complexity index is 1300. The smallest absolute Gasteiger partial charge is 0.165 e. The molecule has 2 aromatic heterocycles. The number of benzene rings is 2. The van der Waals surface area contributed by atoms with E-state index < -0.39 is 0 Å². The summed E-state index contributed by atoms with van der Waals surface area (Å²) in [6.45, 7) is 4.02. The zero-order valence-corrected chi connectivity index (χ0v) is 17.8. The van der Waals surface area contributed by atoms with Crippen molar-refractivity contribution in [3.05, 3.63) is 83.3 Å². The molecule has 2 aromatic carbocycles. The molecular formula is C27H24N4. The Balaban J connectivity index is 1.37. The van der Waals surface area contributed by atoms with Crippen molar-refractivity contribution in [2.45, 2.75) is 44.9 Å². The summed E-state index contributed by atoms with van der Waals surface area (Å²) >= 11 is 0. The first kappa shape index (κ1) is 18.4. The minimum Gasteiger partial charge on any atom is -0.255 e. The Morgan fingerprint density at radius 2 is 1.52 bits per heavy atom. The first-order valence-corrected chi connectivity index (χ1v) is 11.0. The van der Waals surface area contributed by atoms with Crippen molar-refractivity contribution >= 4 is 0 Å². The van der Waals surface area contributed by atoms with E-state index in [1.165, 1.54) is 24.8 Å². The number of nitrogens with zero attached hydrogens (tertiary/aromatic N) is 4. The summed E-state index contributed by atoms with van der Waals surface area (Å²) in [6.07, 6.45) is 5.95. The van der Waals surface area contributed by atoms with Crippen LogP contribution in [0.25, 0.3) is 34.0 Å². The maximum atomic E-state index is 4.81. The minimum atomic E-state index is 0.675. The van der Waals surface area contributed by atoms with Gasteiger partial charge in [-0.05, 0) is 73.8 Å². The molecule has 0 amide bonds. The fourth-order valence-corrected chi connectivity index (χ4v) is 5.27. The molecule has 4 aromatic rings. The summed E-state index contributed by atoms with van der Waals surface area (Å²) in [5.74, 6) is 3.62. The summed E-state index contributed by atoms with van der Waals surface area (Å²) in [4.78, 5) is 18.7. The van der Waals surface area contributed by atoms with Crippen molar-refractivity contribution in [2.75, 3.05) is 0 Å². The van der Waals surface area contributed by atoms with Crippen LogP contribution in [0.3, 0.4) is 0 Å². The van der Waals surface area contributed by atoms with E-state index in [0.717, 1.165) is 34.2 Å². The van der Waals surface area contributed by atoms with Crippen LogP contribution in [-0.4, -0.2) is 19.9 Å². The number of pyridine rings is 1. The highest BCUT2D eigenvalue weighted by molar-refractivity contribution is 5.69. The zero-order valence-electron chi connectivity index (χ0n) is 17.8. The molecule has 0 N–H and O–H groups in total. The molecule has 0 saturated heterocycles. The van der Waals surface area contributed by atoms with E-state index in [4.69, 9.17) is 9.97 Å². The highest BCUT2D eigenvalue weighted by Gasteiger charge is 2.36. The number of hydrogen-bond donors (Lipinski definition) is 0. The second-order valence-electron chi connectivity index (χ2n) is 8.83. The SMILES string of the molecule is Cc1nc(-c2ccccc2)nc(-c2cnc(-c3ccc4c(c3)C3CCC4C3)cc2C)n1. The maximum absolute atomic E-state index is 4.81. The monoisotopic (exact) mass is 404 g/mol. The van der Waals surface area contributed by atoms with Gasteiger partial charge in [0.1, 0.15) is 5.82 Å². The fraction of sp³-hybridized carbons (Fsp3) is 0.259. The molecule has 2 heterocycles. The molecule has 2 aliphatic rings. The normalized spacial score (nSPS) is 18.9. The number of aromatic nitrogens is 4. The lowest BCUT2D eigenvalue weighted by Gasteiger charge is -2.16. The molecule has 2 unspecified atom stereocenters. The van der Waals surface area contributed by atoms with Gasteiger partial charge >= 0.3 is 0 Å². The van der Waals surface area contributed by atoms with Crippen molar-refractivity contribution in [1.82, 2.24) is 19.9 Å². The maximum Gasteiger partial charge on any atom is 0.165 e. The van der Waals surface area contributed by atoms with Gasteiger partial charge in [-0.1, -0.05) is 42.5 Å². The quantitative estimate of drug-likeness (QED) is 0.405. The van der Waals surface area contributed by atoms with Gasteiger partial charge in [0.15, 0.2) is 11.6 Å². The van der Waals surface area contributed by atoms with Crippen LogP contribution >= 0.6 is 0 Å². The van der Waals surface area contributed by atoms with Crippen molar-refractivity contribution < 1.29 is 0 Å². The number of rotatable bonds is 3. The summed E-state index contributed by atoms with van der Waals surface area (Å²) in [5.41, 5.74) is 8.41. The lowest BCUT2D eigenvalue weighted by Crippen LogP contribution is -2.01. The minimum absolute atomic E-state index is 0.675. The summed E-state index contributed by atoms with van der Waals surface area (Å²) in [5, 5.41) is 0. The Morgan fingerprint density at radius 1 is 0.742 bits per heavy atom. The van der Waals surface area contributed by atoms with Gasteiger partial charge in [-0.15, -0.1) is 0 Å². The molecule has 0 spiro atoms. The third-order valence-corrected chi connectivity index (χ3v) is 6.83. The van der Waals surface area contributed by atoms with Gasteiger partial charge in [-0.3, -0.25) is 4.98 Å². The van der Waals surface area contributed by atoms with Crippen molar-refractivity contribution in [3.63, 3.8) is 0 Å². The number of hydrogen-bond acceptors (Lipinski definition) is 4. The van der Waals surface area contributed by atoms with Crippen LogP contribution in [-0.2, 0) is 0 Å². The van der Waals surface area contributed by atoms with E-state index in [2.05, 4.69) is 41.2 Å². The average Bonchev–Trinajstić information content (AvgIpc) is 3.42. The molecule has 0 radical (unpaired) electrons. The van der Waals surface area contributed by atoms with Crippen LogP contribution in [0.5, 0.6) is 0 Å². The molecule has 6 rings (SSSR count). The van der Waals surface area contributed by atoms with Crippen molar-refractivity contribution in [2.24, 2.45) is 0 Å². The van der Waals surface area contributed by atoms with E-state index in [1.807, 2.05) is 43.5 Å². The van der Waals surface area contributed by atoms with Gasteiger partial charge in [0, 0.05) is 22.9 Å². The van der Waals surface area contributed by atoms with Crippen LogP contribution in [0, 0.1) is 13.8 Å². The fourth-order valence-electron chi connectivity index (χ4n) is 5.27. The molecule has 4 nitrogen and oxygen atoms in total. The van der Waals surface area contributed by atoms with Crippen LogP contribution in [0.1, 0.15) is 53.6 Å².